The third-order valence-corrected chi connectivity index (χ3v) is 1.68. The van der Waals surface area contributed by atoms with Crippen LogP contribution < -0.4 is 0 Å². The van der Waals surface area contributed by atoms with Gasteiger partial charge in [-0.25, -0.2) is 0 Å². The Morgan fingerprint density at radius 1 is 1.40 bits per heavy atom. The predicted molar refractivity (Wildman–Crippen MR) is 48.7 cm³/mol. The first-order valence-electron chi connectivity index (χ1n) is 3.66. The Morgan fingerprint density at radius 3 is 2.80 bits per heavy atom. The molecule has 0 saturated heterocycles. The SMILES string of the molecule is CC=CCOCCCCBr. The largest absolute Gasteiger partial charge is 0.377 e. The van der Waals surface area contributed by atoms with Crippen LogP contribution in [0.3, 0.4) is 0 Å². The number of hydrogen-bond acceptors (Lipinski definition) is 1. The standard InChI is InChI=1S/C8H15BrO/c1-2-3-7-10-8-5-4-6-9/h2-3H,4-8H2,1H3. The van der Waals surface area contributed by atoms with Crippen LogP contribution in [0.2, 0.25) is 0 Å². The zero-order valence-corrected chi connectivity index (χ0v) is 8.06. The van der Waals surface area contributed by atoms with Crippen molar-refractivity contribution >= 4 is 15.9 Å². The lowest BCUT2D eigenvalue weighted by Crippen LogP contribution is -1.94. The molecule has 0 aliphatic carbocycles. The maximum absolute atomic E-state index is 5.27. The highest BCUT2D eigenvalue weighted by Gasteiger charge is 1.84. The van der Waals surface area contributed by atoms with Crippen LogP contribution in [0, 0.1) is 0 Å². The van der Waals surface area contributed by atoms with Crippen LogP contribution in [0.1, 0.15) is 19.8 Å². The molecule has 0 aromatic heterocycles. The molecule has 0 aliphatic heterocycles. The Balaban J connectivity index is 2.77. The van der Waals surface area contributed by atoms with Gasteiger partial charge in [0, 0.05) is 11.9 Å². The molecule has 0 aromatic rings. The minimum atomic E-state index is 0.763. The molecule has 0 unspecified atom stereocenters. The lowest BCUT2D eigenvalue weighted by atomic mass is 10.4. The molecule has 2 heteroatoms. The fourth-order valence-corrected chi connectivity index (χ4v) is 0.943. The molecule has 10 heavy (non-hydrogen) atoms. The van der Waals surface area contributed by atoms with Gasteiger partial charge >= 0.3 is 0 Å². The van der Waals surface area contributed by atoms with E-state index in [2.05, 4.69) is 15.9 Å². The molecule has 0 fully saturated rings. The molecule has 0 amide bonds. The van der Waals surface area contributed by atoms with Crippen molar-refractivity contribution in [1.82, 2.24) is 0 Å². The van der Waals surface area contributed by atoms with Crippen LogP contribution in [0.25, 0.3) is 0 Å². The Morgan fingerprint density at radius 2 is 2.20 bits per heavy atom. The molecule has 60 valence electrons. The van der Waals surface area contributed by atoms with Crippen molar-refractivity contribution in [2.75, 3.05) is 18.5 Å². The van der Waals surface area contributed by atoms with Gasteiger partial charge in [0.05, 0.1) is 6.61 Å². The van der Waals surface area contributed by atoms with E-state index >= 15 is 0 Å². The second-order valence-electron chi connectivity index (χ2n) is 2.04. The van der Waals surface area contributed by atoms with Gasteiger partial charge in [0.2, 0.25) is 0 Å². The normalized spacial score (nSPS) is 11.0. The predicted octanol–water partition coefficient (Wildman–Crippen LogP) is 2.75. The summed E-state index contributed by atoms with van der Waals surface area (Å²) < 4.78 is 5.27. The number of alkyl halides is 1. The van der Waals surface area contributed by atoms with E-state index in [0.29, 0.717) is 0 Å². The summed E-state index contributed by atoms with van der Waals surface area (Å²) in [6.07, 6.45) is 6.39. The third-order valence-electron chi connectivity index (χ3n) is 1.12. The summed E-state index contributed by atoms with van der Waals surface area (Å²) >= 11 is 3.36. The van der Waals surface area contributed by atoms with Crippen molar-refractivity contribution in [3.8, 4) is 0 Å². The van der Waals surface area contributed by atoms with Crippen LogP contribution in [-0.2, 0) is 4.74 Å². The number of ether oxygens (including phenoxy) is 1. The molecular formula is C8H15BrO. The molecule has 0 atom stereocenters. The molecule has 1 nitrogen and oxygen atoms in total. The number of halogens is 1. The van der Waals surface area contributed by atoms with E-state index in [1.807, 2.05) is 19.1 Å². The summed E-state index contributed by atoms with van der Waals surface area (Å²) in [5.74, 6) is 0. The van der Waals surface area contributed by atoms with Gasteiger partial charge in [-0.1, -0.05) is 28.1 Å². The van der Waals surface area contributed by atoms with E-state index in [-0.39, 0.29) is 0 Å². The van der Waals surface area contributed by atoms with Gasteiger partial charge in [0.1, 0.15) is 0 Å². The monoisotopic (exact) mass is 206 g/mol. The van der Waals surface area contributed by atoms with Crippen LogP contribution in [0.5, 0.6) is 0 Å². The fraction of sp³-hybridized carbons (Fsp3) is 0.750. The maximum Gasteiger partial charge on any atom is 0.0647 e. The summed E-state index contributed by atoms with van der Waals surface area (Å²) in [5.41, 5.74) is 0. The molecule has 0 bridgehead atoms. The Kier molecular flexibility index (Phi) is 9.35. The molecule has 0 radical (unpaired) electrons. The average Bonchev–Trinajstić information content (AvgIpc) is 1.97. The molecule has 0 aliphatic rings. The summed E-state index contributed by atoms with van der Waals surface area (Å²) in [4.78, 5) is 0. The molecule has 0 heterocycles. The van der Waals surface area contributed by atoms with Crippen LogP contribution in [0.4, 0.5) is 0 Å². The zero-order valence-electron chi connectivity index (χ0n) is 6.48. The van der Waals surface area contributed by atoms with Crippen LogP contribution in [0.15, 0.2) is 12.2 Å². The van der Waals surface area contributed by atoms with Crippen molar-refractivity contribution < 1.29 is 4.74 Å². The fourth-order valence-electron chi connectivity index (χ4n) is 0.546. The van der Waals surface area contributed by atoms with E-state index in [1.54, 1.807) is 0 Å². The summed E-state index contributed by atoms with van der Waals surface area (Å²) in [6, 6.07) is 0. The van der Waals surface area contributed by atoms with E-state index < -0.39 is 0 Å². The van der Waals surface area contributed by atoms with Gasteiger partial charge in [-0.05, 0) is 19.8 Å². The number of allylic oxidation sites excluding steroid dienone is 1. The Labute approximate surface area is 71.6 Å². The minimum absolute atomic E-state index is 0.763. The number of hydrogen-bond donors (Lipinski definition) is 0. The smallest absolute Gasteiger partial charge is 0.0647 e. The highest BCUT2D eigenvalue weighted by Crippen LogP contribution is 1.93. The maximum atomic E-state index is 5.27. The first-order valence-corrected chi connectivity index (χ1v) is 4.79. The van der Waals surface area contributed by atoms with Gasteiger partial charge in [0.15, 0.2) is 0 Å². The van der Waals surface area contributed by atoms with Crippen LogP contribution in [-0.4, -0.2) is 18.5 Å². The Hall–Kier alpha value is 0.180. The third kappa shape index (κ3) is 8.18. The lowest BCUT2D eigenvalue weighted by Gasteiger charge is -1.97. The van der Waals surface area contributed by atoms with Gasteiger partial charge < -0.3 is 4.74 Å². The van der Waals surface area contributed by atoms with E-state index in [9.17, 15) is 0 Å². The Bertz CT molecular complexity index is 81.3. The van der Waals surface area contributed by atoms with E-state index in [1.165, 1.54) is 6.42 Å². The summed E-state index contributed by atoms with van der Waals surface area (Å²) in [5, 5.41) is 1.08. The average molecular weight is 207 g/mol. The highest BCUT2D eigenvalue weighted by atomic mass is 79.9. The summed E-state index contributed by atoms with van der Waals surface area (Å²) in [7, 11) is 0. The minimum Gasteiger partial charge on any atom is -0.377 e. The van der Waals surface area contributed by atoms with Crippen molar-refractivity contribution in [2.24, 2.45) is 0 Å². The van der Waals surface area contributed by atoms with Crippen molar-refractivity contribution in [3.05, 3.63) is 12.2 Å². The van der Waals surface area contributed by atoms with Crippen molar-refractivity contribution in [1.29, 1.82) is 0 Å². The zero-order chi connectivity index (χ0) is 7.66. The van der Waals surface area contributed by atoms with E-state index in [4.69, 9.17) is 4.74 Å². The number of rotatable bonds is 6. The number of unbranched alkanes of at least 4 members (excludes halogenated alkanes) is 1. The van der Waals surface area contributed by atoms with Gasteiger partial charge in [-0.15, -0.1) is 0 Å². The van der Waals surface area contributed by atoms with Gasteiger partial charge in [-0.2, -0.15) is 0 Å². The van der Waals surface area contributed by atoms with Crippen LogP contribution >= 0.6 is 15.9 Å². The quantitative estimate of drug-likeness (QED) is 0.369. The van der Waals surface area contributed by atoms with Crippen molar-refractivity contribution in [3.63, 3.8) is 0 Å². The second-order valence-corrected chi connectivity index (χ2v) is 2.83. The molecular weight excluding hydrogens is 192 g/mol. The molecule has 0 aromatic carbocycles. The first-order chi connectivity index (χ1) is 4.91. The topological polar surface area (TPSA) is 9.23 Å². The molecule has 0 saturated carbocycles. The van der Waals surface area contributed by atoms with E-state index in [0.717, 1.165) is 25.0 Å². The van der Waals surface area contributed by atoms with Gasteiger partial charge in [-0.3, -0.25) is 0 Å². The molecule has 0 rings (SSSR count). The van der Waals surface area contributed by atoms with Crippen molar-refractivity contribution in [2.45, 2.75) is 19.8 Å². The van der Waals surface area contributed by atoms with Gasteiger partial charge in [0.25, 0.3) is 0 Å². The first kappa shape index (κ1) is 10.2. The lowest BCUT2D eigenvalue weighted by molar-refractivity contribution is 0.159. The molecule has 0 spiro atoms. The highest BCUT2D eigenvalue weighted by molar-refractivity contribution is 9.09. The second kappa shape index (κ2) is 9.18. The molecule has 0 N–H and O–H groups in total. The summed E-state index contributed by atoms with van der Waals surface area (Å²) in [6.45, 7) is 3.65.